The van der Waals surface area contributed by atoms with Gasteiger partial charge in [0.05, 0.1) is 18.1 Å². The largest absolute Gasteiger partial charge is 0.388 e. The zero-order chi connectivity index (χ0) is 21.3. The SMILES string of the molecule is O=C1C(CC[C@H](O)c2ccc(F)cc2)[C@@H](c2cccc(Br)c2)N1c1ccc(F)cc1. The number of hydrogen-bond acceptors (Lipinski definition) is 2. The summed E-state index contributed by atoms with van der Waals surface area (Å²) in [6.07, 6.45) is 0.0807. The summed E-state index contributed by atoms with van der Waals surface area (Å²) in [6.45, 7) is 0. The van der Waals surface area contributed by atoms with E-state index in [0.717, 1.165) is 10.0 Å². The number of amides is 1. The third-order valence-electron chi connectivity index (χ3n) is 5.51. The van der Waals surface area contributed by atoms with Gasteiger partial charge in [-0.05, 0) is 72.5 Å². The monoisotopic (exact) mass is 471 g/mol. The summed E-state index contributed by atoms with van der Waals surface area (Å²) in [5.74, 6) is -1.08. The molecule has 3 atom stereocenters. The fourth-order valence-electron chi connectivity index (χ4n) is 3.98. The maximum Gasteiger partial charge on any atom is 0.233 e. The predicted molar refractivity (Wildman–Crippen MR) is 115 cm³/mol. The maximum absolute atomic E-state index is 13.4. The second-order valence-corrected chi connectivity index (χ2v) is 8.35. The lowest BCUT2D eigenvalue weighted by Crippen LogP contribution is -2.55. The first-order chi connectivity index (χ1) is 14.4. The summed E-state index contributed by atoms with van der Waals surface area (Å²) in [5, 5.41) is 10.5. The summed E-state index contributed by atoms with van der Waals surface area (Å²) >= 11 is 3.48. The van der Waals surface area contributed by atoms with Gasteiger partial charge in [0.2, 0.25) is 5.91 Å². The third-order valence-corrected chi connectivity index (χ3v) is 6.01. The van der Waals surface area contributed by atoms with E-state index in [4.69, 9.17) is 0 Å². The summed E-state index contributed by atoms with van der Waals surface area (Å²) in [4.78, 5) is 14.7. The number of rotatable bonds is 6. The number of aliphatic hydroxyl groups excluding tert-OH is 1. The predicted octanol–water partition coefficient (Wildman–Crippen LogP) is 5.95. The molecule has 3 nitrogen and oxygen atoms in total. The number of anilines is 1. The quantitative estimate of drug-likeness (QED) is 0.451. The van der Waals surface area contributed by atoms with Crippen molar-refractivity contribution in [2.75, 3.05) is 4.90 Å². The molecule has 0 spiro atoms. The number of carbonyl (C=O) groups is 1. The van der Waals surface area contributed by atoms with Gasteiger partial charge in [-0.25, -0.2) is 8.78 Å². The first kappa shape index (κ1) is 20.7. The van der Waals surface area contributed by atoms with Crippen molar-refractivity contribution in [2.45, 2.75) is 25.0 Å². The Hall–Kier alpha value is -2.57. The van der Waals surface area contributed by atoms with Gasteiger partial charge in [-0.1, -0.05) is 40.2 Å². The first-order valence-electron chi connectivity index (χ1n) is 9.71. The van der Waals surface area contributed by atoms with Gasteiger partial charge in [0.15, 0.2) is 0 Å². The Morgan fingerprint density at radius 2 is 1.60 bits per heavy atom. The molecule has 1 amide bonds. The molecular formula is C24H20BrF2NO2. The van der Waals surface area contributed by atoms with Crippen LogP contribution in [0.4, 0.5) is 14.5 Å². The van der Waals surface area contributed by atoms with Crippen LogP contribution in [-0.4, -0.2) is 11.0 Å². The van der Waals surface area contributed by atoms with Crippen molar-refractivity contribution in [1.82, 2.24) is 0 Å². The minimum atomic E-state index is -0.776. The van der Waals surface area contributed by atoms with Crippen LogP contribution < -0.4 is 4.90 Å². The van der Waals surface area contributed by atoms with E-state index < -0.39 is 6.10 Å². The first-order valence-corrected chi connectivity index (χ1v) is 10.5. The molecule has 1 saturated heterocycles. The summed E-state index contributed by atoms with van der Waals surface area (Å²) < 4.78 is 27.4. The molecule has 0 bridgehead atoms. The highest BCUT2D eigenvalue weighted by Crippen LogP contribution is 2.46. The summed E-state index contributed by atoms with van der Waals surface area (Å²) in [5.41, 5.74) is 2.23. The average Bonchev–Trinajstić information content (AvgIpc) is 2.73. The van der Waals surface area contributed by atoms with Crippen LogP contribution in [0.15, 0.2) is 77.3 Å². The molecule has 1 heterocycles. The zero-order valence-electron chi connectivity index (χ0n) is 16.0. The van der Waals surface area contributed by atoms with Gasteiger partial charge < -0.3 is 10.0 Å². The maximum atomic E-state index is 13.4. The lowest BCUT2D eigenvalue weighted by Gasteiger charge is -2.48. The van der Waals surface area contributed by atoms with Crippen molar-refractivity contribution in [1.29, 1.82) is 0 Å². The van der Waals surface area contributed by atoms with Crippen LogP contribution in [0.5, 0.6) is 0 Å². The van der Waals surface area contributed by atoms with Crippen LogP contribution in [0.25, 0.3) is 0 Å². The van der Waals surface area contributed by atoms with Crippen LogP contribution in [0.1, 0.15) is 36.1 Å². The van der Waals surface area contributed by atoms with Crippen molar-refractivity contribution < 1.29 is 18.7 Å². The Bertz CT molecular complexity index is 1040. The van der Waals surface area contributed by atoms with Gasteiger partial charge in [-0.3, -0.25) is 4.79 Å². The highest BCUT2D eigenvalue weighted by Gasteiger charge is 2.48. The van der Waals surface area contributed by atoms with Crippen molar-refractivity contribution in [2.24, 2.45) is 5.92 Å². The summed E-state index contributed by atoms with van der Waals surface area (Å²) in [7, 11) is 0. The lowest BCUT2D eigenvalue weighted by atomic mass is 9.78. The smallest absolute Gasteiger partial charge is 0.233 e. The number of aliphatic hydroxyl groups is 1. The Balaban J connectivity index is 1.56. The molecule has 3 aromatic carbocycles. The molecule has 6 heteroatoms. The molecule has 30 heavy (non-hydrogen) atoms. The lowest BCUT2D eigenvalue weighted by molar-refractivity contribution is -0.131. The molecule has 1 aliphatic heterocycles. The van der Waals surface area contributed by atoms with E-state index >= 15 is 0 Å². The number of benzene rings is 3. The third kappa shape index (κ3) is 4.16. The van der Waals surface area contributed by atoms with Crippen LogP contribution in [0, 0.1) is 17.6 Å². The topological polar surface area (TPSA) is 40.5 Å². The Kier molecular flexibility index (Phi) is 5.97. The van der Waals surface area contributed by atoms with E-state index in [1.807, 2.05) is 24.3 Å². The summed E-state index contributed by atoms with van der Waals surface area (Å²) in [6, 6.07) is 19.2. The van der Waals surface area contributed by atoms with E-state index in [1.54, 1.807) is 29.2 Å². The second-order valence-electron chi connectivity index (χ2n) is 7.44. The molecule has 4 rings (SSSR count). The number of β-lactam (4-membered cyclic amide) rings is 1. The normalized spacial score (nSPS) is 19.5. The van der Waals surface area contributed by atoms with E-state index in [2.05, 4.69) is 15.9 Å². The number of nitrogens with zero attached hydrogens (tertiary/aromatic N) is 1. The molecular weight excluding hydrogens is 452 g/mol. The van der Waals surface area contributed by atoms with E-state index in [9.17, 15) is 18.7 Å². The van der Waals surface area contributed by atoms with Gasteiger partial charge in [0.1, 0.15) is 11.6 Å². The molecule has 3 aromatic rings. The van der Waals surface area contributed by atoms with Crippen molar-refractivity contribution >= 4 is 27.5 Å². The van der Waals surface area contributed by atoms with Crippen molar-refractivity contribution in [3.05, 3.63) is 100 Å². The van der Waals surface area contributed by atoms with Gasteiger partial charge in [-0.15, -0.1) is 0 Å². The van der Waals surface area contributed by atoms with Crippen LogP contribution in [0.2, 0.25) is 0 Å². The van der Waals surface area contributed by atoms with Gasteiger partial charge in [0, 0.05) is 10.2 Å². The highest BCUT2D eigenvalue weighted by molar-refractivity contribution is 9.10. The van der Waals surface area contributed by atoms with Crippen LogP contribution in [-0.2, 0) is 4.79 Å². The van der Waals surface area contributed by atoms with Crippen molar-refractivity contribution in [3.63, 3.8) is 0 Å². The fraction of sp³-hybridized carbons (Fsp3) is 0.208. The second kappa shape index (κ2) is 8.66. The molecule has 1 unspecified atom stereocenters. The zero-order valence-corrected chi connectivity index (χ0v) is 17.6. The van der Waals surface area contributed by atoms with Crippen LogP contribution >= 0.6 is 15.9 Å². The van der Waals surface area contributed by atoms with Crippen LogP contribution in [0.3, 0.4) is 0 Å². The Morgan fingerprint density at radius 3 is 2.23 bits per heavy atom. The van der Waals surface area contributed by atoms with E-state index in [0.29, 0.717) is 24.1 Å². The molecule has 0 radical (unpaired) electrons. The Labute approximate surface area is 182 Å². The molecule has 0 aromatic heterocycles. The van der Waals surface area contributed by atoms with Crippen molar-refractivity contribution in [3.8, 4) is 0 Å². The number of halogens is 3. The fourth-order valence-corrected chi connectivity index (χ4v) is 4.40. The average molecular weight is 472 g/mol. The molecule has 154 valence electrons. The molecule has 1 aliphatic rings. The molecule has 0 aliphatic carbocycles. The molecule has 1 N–H and O–H groups in total. The van der Waals surface area contributed by atoms with E-state index in [1.165, 1.54) is 24.3 Å². The van der Waals surface area contributed by atoms with E-state index in [-0.39, 0.29) is 29.5 Å². The minimum absolute atomic E-state index is 0.0575. The Morgan fingerprint density at radius 1 is 0.967 bits per heavy atom. The van der Waals surface area contributed by atoms with Gasteiger partial charge in [0.25, 0.3) is 0 Å². The van der Waals surface area contributed by atoms with Gasteiger partial charge >= 0.3 is 0 Å². The highest BCUT2D eigenvalue weighted by atomic mass is 79.9. The molecule has 0 saturated carbocycles. The standard InChI is InChI=1S/C24H20BrF2NO2/c25-17-3-1-2-16(14-17)23-21(12-13-22(29)15-4-6-18(26)7-5-15)24(30)28(23)20-10-8-19(27)9-11-20/h1-11,14,21-23,29H,12-13H2/t21?,22-,23+/m0/s1. The minimum Gasteiger partial charge on any atom is -0.388 e. The number of carbonyl (C=O) groups excluding carboxylic acids is 1. The van der Waals surface area contributed by atoms with Gasteiger partial charge in [-0.2, -0.15) is 0 Å². The molecule has 1 fully saturated rings. The number of hydrogen-bond donors (Lipinski definition) is 1.